The number of hydrogen-bond donors (Lipinski definition) is 0. The maximum atomic E-state index is 13.0. The number of nitrogens with zero attached hydrogens (tertiary/aromatic N) is 1. The first-order valence-corrected chi connectivity index (χ1v) is 8.22. The second kappa shape index (κ2) is 7.01. The molecule has 0 amide bonds. The van der Waals surface area contributed by atoms with Crippen LogP contribution in [0.1, 0.15) is 33.1 Å². The van der Waals surface area contributed by atoms with Crippen molar-refractivity contribution in [3.05, 3.63) is 0 Å². The smallest absolute Gasteiger partial charge is 0.227 e. The van der Waals surface area contributed by atoms with Crippen molar-refractivity contribution in [2.24, 2.45) is 5.92 Å². The molecule has 0 spiro atoms. The van der Waals surface area contributed by atoms with Crippen LogP contribution >= 0.6 is 0 Å². The molecule has 0 N–H and O–H groups in total. The van der Waals surface area contributed by atoms with E-state index in [0.717, 1.165) is 19.9 Å². The number of hydrogen-bond acceptors (Lipinski definition) is 3. The van der Waals surface area contributed by atoms with Gasteiger partial charge in [-0.1, -0.05) is 13.8 Å². The summed E-state index contributed by atoms with van der Waals surface area (Å²) >= 11 is 0. The van der Waals surface area contributed by atoms with Crippen molar-refractivity contribution in [1.29, 1.82) is 5.26 Å². The van der Waals surface area contributed by atoms with Crippen molar-refractivity contribution in [1.82, 2.24) is 0 Å². The predicted octanol–water partition coefficient (Wildman–Crippen LogP) is 4.25. The van der Waals surface area contributed by atoms with E-state index >= 15 is 0 Å². The predicted molar refractivity (Wildman–Crippen MR) is 67.9 cm³/mol. The molecule has 1 atom stereocenters. The molecule has 0 saturated heterocycles. The first-order valence-electron chi connectivity index (χ1n) is 6.57. The molecule has 0 aromatic rings. The molecule has 0 saturated carbocycles. The molecule has 1 unspecified atom stereocenters. The molecule has 0 heterocycles. The third-order valence-electron chi connectivity index (χ3n) is 3.56. The van der Waals surface area contributed by atoms with Gasteiger partial charge in [0.2, 0.25) is 0 Å². The van der Waals surface area contributed by atoms with Crippen molar-refractivity contribution in [3.8, 4) is 6.07 Å². The average Bonchev–Trinajstić information content (AvgIpc) is 2.34. The molecule has 0 aliphatic carbocycles. The fourth-order valence-corrected chi connectivity index (χ4v) is 4.11. The summed E-state index contributed by atoms with van der Waals surface area (Å²) in [4.78, 5) is 0. The number of nitriles is 1. The van der Waals surface area contributed by atoms with Crippen LogP contribution in [0.3, 0.4) is 0 Å². The van der Waals surface area contributed by atoms with E-state index in [-0.39, 0.29) is 0 Å². The minimum atomic E-state index is -5.96. The van der Waals surface area contributed by atoms with E-state index in [1.54, 1.807) is 0 Å². The zero-order valence-electron chi connectivity index (χ0n) is 12.6. The van der Waals surface area contributed by atoms with E-state index in [2.05, 4.69) is 0 Å². The van der Waals surface area contributed by atoms with Crippen molar-refractivity contribution < 1.29 is 43.5 Å². The molecule has 0 bridgehead atoms. The maximum Gasteiger partial charge on any atom is 0.453 e. The molecule has 142 valence electrons. The Morgan fingerprint density at radius 3 is 1.67 bits per heavy atom. The van der Waals surface area contributed by atoms with Gasteiger partial charge in [-0.3, -0.25) is 0 Å². The molecule has 12 heteroatoms. The second-order valence-corrected chi connectivity index (χ2v) is 7.91. The largest absolute Gasteiger partial charge is 0.453 e. The van der Waals surface area contributed by atoms with Gasteiger partial charge in [-0.25, -0.2) is 8.42 Å². The van der Waals surface area contributed by atoms with Gasteiger partial charge < -0.3 is 0 Å². The van der Waals surface area contributed by atoms with Crippen LogP contribution < -0.4 is 0 Å². The first kappa shape index (κ1) is 22.9. The summed E-state index contributed by atoms with van der Waals surface area (Å²) in [6.07, 6.45) is -16.1. The first-order chi connectivity index (χ1) is 10.4. The van der Waals surface area contributed by atoms with Crippen LogP contribution in [-0.2, 0) is 9.84 Å². The van der Waals surface area contributed by atoms with Crippen LogP contribution in [0.5, 0.6) is 0 Å². The highest BCUT2D eigenvalue weighted by atomic mass is 32.2. The highest BCUT2D eigenvalue weighted by Crippen LogP contribution is 2.43. The molecule has 24 heavy (non-hydrogen) atoms. The Hall–Kier alpha value is -1.12. The average molecular weight is 389 g/mol. The van der Waals surface area contributed by atoms with E-state index < -0.39 is 63.8 Å². The van der Waals surface area contributed by atoms with Crippen LogP contribution in [0.25, 0.3) is 0 Å². The zero-order valence-corrected chi connectivity index (χ0v) is 13.4. The Labute approximate surface area is 133 Å². The van der Waals surface area contributed by atoms with Gasteiger partial charge in [0.15, 0.2) is 14.6 Å². The molecule has 0 aliphatic rings. The zero-order chi connectivity index (χ0) is 19.6. The molecule has 0 fully saturated rings. The Kier molecular flexibility index (Phi) is 6.69. The van der Waals surface area contributed by atoms with Gasteiger partial charge in [0.05, 0.1) is 18.2 Å². The third-order valence-corrected chi connectivity index (χ3v) is 6.17. The van der Waals surface area contributed by atoms with Gasteiger partial charge in [-0.15, -0.1) is 0 Å². The SMILES string of the molecule is CC(C)C(C#N)(CCC(F)(F)C(F)(F)F)S(=O)(=O)CCC(F)(F)F. The number of alkyl halides is 8. The van der Waals surface area contributed by atoms with Crippen molar-refractivity contribution in [2.45, 2.75) is 56.1 Å². The third kappa shape index (κ3) is 5.19. The number of halogens is 8. The second-order valence-electron chi connectivity index (χ2n) is 5.54. The summed E-state index contributed by atoms with van der Waals surface area (Å²) in [6.45, 7) is 2.11. The van der Waals surface area contributed by atoms with Crippen LogP contribution in [0.2, 0.25) is 0 Å². The van der Waals surface area contributed by atoms with Crippen LogP contribution in [-0.4, -0.2) is 37.2 Å². The number of rotatable bonds is 7. The van der Waals surface area contributed by atoms with E-state index in [1.165, 1.54) is 0 Å². The molecule has 0 rings (SSSR count). The fourth-order valence-electron chi connectivity index (χ4n) is 1.97. The van der Waals surface area contributed by atoms with Crippen molar-refractivity contribution >= 4 is 9.84 Å². The van der Waals surface area contributed by atoms with Gasteiger partial charge in [0, 0.05) is 6.42 Å². The minimum Gasteiger partial charge on any atom is -0.227 e. The summed E-state index contributed by atoms with van der Waals surface area (Å²) in [5.41, 5.74) is 0. The Morgan fingerprint density at radius 1 is 0.917 bits per heavy atom. The highest BCUT2D eigenvalue weighted by Gasteiger charge is 2.59. The summed E-state index contributed by atoms with van der Waals surface area (Å²) in [6, 6.07) is 1.16. The van der Waals surface area contributed by atoms with E-state index in [4.69, 9.17) is 5.26 Å². The van der Waals surface area contributed by atoms with E-state index in [9.17, 15) is 43.5 Å². The van der Waals surface area contributed by atoms with Gasteiger partial charge in [-0.2, -0.15) is 40.4 Å². The lowest BCUT2D eigenvalue weighted by Crippen LogP contribution is -2.47. The molecular weight excluding hydrogens is 374 g/mol. The van der Waals surface area contributed by atoms with E-state index in [1.807, 2.05) is 0 Å². The summed E-state index contributed by atoms with van der Waals surface area (Å²) in [5, 5.41) is 9.08. The Bertz CT molecular complexity index is 573. The highest BCUT2D eigenvalue weighted by molar-refractivity contribution is 7.93. The van der Waals surface area contributed by atoms with Gasteiger partial charge in [0.1, 0.15) is 0 Å². The van der Waals surface area contributed by atoms with E-state index in [0.29, 0.717) is 0 Å². The van der Waals surface area contributed by atoms with Gasteiger partial charge >= 0.3 is 18.3 Å². The van der Waals surface area contributed by atoms with Crippen molar-refractivity contribution in [2.75, 3.05) is 5.75 Å². The Balaban J connectivity index is 5.65. The van der Waals surface area contributed by atoms with Gasteiger partial charge in [-0.05, 0) is 12.3 Å². The molecule has 3 nitrogen and oxygen atoms in total. The fraction of sp³-hybridized carbons (Fsp3) is 0.917. The monoisotopic (exact) mass is 389 g/mol. The van der Waals surface area contributed by atoms with Crippen LogP contribution in [0, 0.1) is 17.2 Å². The van der Waals surface area contributed by atoms with Crippen LogP contribution in [0.15, 0.2) is 0 Å². The maximum absolute atomic E-state index is 13.0. The summed E-state index contributed by atoms with van der Waals surface area (Å²) in [7, 11) is -4.92. The molecular formula is C12H15F8NO2S. The lowest BCUT2D eigenvalue weighted by Gasteiger charge is -2.32. The minimum absolute atomic E-state index is 1.06. The Morgan fingerprint density at radius 2 is 1.38 bits per heavy atom. The summed E-state index contributed by atoms with van der Waals surface area (Å²) < 4.78 is 121. The lowest BCUT2D eigenvalue weighted by molar-refractivity contribution is -0.284. The van der Waals surface area contributed by atoms with Crippen LogP contribution in [0.4, 0.5) is 35.1 Å². The standard InChI is InChI=1S/C12H15F8NO2S/c1-8(2)9(7-21,3-4-10(13,14)12(18,19)20)24(22,23)6-5-11(15,16)17/h8H,3-6H2,1-2H3. The topological polar surface area (TPSA) is 57.9 Å². The molecule has 0 aromatic heterocycles. The molecule has 0 aromatic carbocycles. The number of sulfone groups is 1. The lowest BCUT2D eigenvalue weighted by atomic mass is 9.90. The quantitative estimate of drug-likeness (QED) is 0.612. The molecule has 0 radical (unpaired) electrons. The summed E-state index contributed by atoms with van der Waals surface area (Å²) in [5.74, 6) is -8.12. The normalized spacial score (nSPS) is 16.8. The van der Waals surface area contributed by atoms with Crippen molar-refractivity contribution in [3.63, 3.8) is 0 Å². The molecule has 0 aliphatic heterocycles. The van der Waals surface area contributed by atoms with Gasteiger partial charge in [0.25, 0.3) is 0 Å².